The van der Waals surface area contributed by atoms with E-state index in [1.807, 2.05) is 20.8 Å². The molecule has 0 bridgehead atoms. The van der Waals surface area contributed by atoms with Crippen molar-refractivity contribution >= 4 is 5.91 Å². The normalized spacial score (nSPS) is 45.3. The minimum absolute atomic E-state index is 0.00196. The number of carbonyl (C=O) groups is 1. The summed E-state index contributed by atoms with van der Waals surface area (Å²) in [4.78, 5) is 13.3. The molecule has 1 saturated heterocycles. The Labute approximate surface area is 256 Å². The maximum Gasteiger partial charge on any atom is 0.223 e. The SMILES string of the molecule is CC(C)(O)CCC[C@@](C)(O)[C@H]1CC[C@]2(C)[C@@H]1[C@H](O)C[C@@H]1[C@@]3(C)CC[C@H](NC(=O)C4CCNCC4)C(C)(C)[C@@H]3CC[C@]12C. The van der Waals surface area contributed by atoms with Crippen LogP contribution in [0.25, 0.3) is 0 Å². The molecule has 5 N–H and O–H groups in total. The molecule has 5 rings (SSSR count). The maximum absolute atomic E-state index is 13.3. The minimum Gasteiger partial charge on any atom is -0.393 e. The van der Waals surface area contributed by atoms with Gasteiger partial charge in [0.15, 0.2) is 0 Å². The molecule has 242 valence electrons. The Morgan fingerprint density at radius 2 is 1.50 bits per heavy atom. The number of carbonyl (C=O) groups excluding carboxylic acids is 1. The minimum atomic E-state index is -0.842. The van der Waals surface area contributed by atoms with Gasteiger partial charge in [-0.2, -0.15) is 0 Å². The Kier molecular flexibility index (Phi) is 8.55. The zero-order chi connectivity index (χ0) is 30.9. The fourth-order valence-electron chi connectivity index (χ4n) is 12.2. The van der Waals surface area contributed by atoms with Crippen LogP contribution in [-0.4, -0.2) is 57.7 Å². The van der Waals surface area contributed by atoms with Gasteiger partial charge in [-0.3, -0.25) is 4.79 Å². The molecule has 4 aliphatic carbocycles. The first-order valence-corrected chi connectivity index (χ1v) is 17.5. The third-order valence-electron chi connectivity index (χ3n) is 14.7. The van der Waals surface area contributed by atoms with Crippen LogP contribution in [0.3, 0.4) is 0 Å². The summed E-state index contributed by atoms with van der Waals surface area (Å²) >= 11 is 0. The molecule has 10 atom stereocenters. The van der Waals surface area contributed by atoms with Gasteiger partial charge in [0.2, 0.25) is 5.91 Å². The molecule has 0 unspecified atom stereocenters. The van der Waals surface area contributed by atoms with Crippen LogP contribution in [0.15, 0.2) is 0 Å². The van der Waals surface area contributed by atoms with Crippen molar-refractivity contribution in [3.05, 3.63) is 0 Å². The first kappa shape index (κ1) is 32.7. The van der Waals surface area contributed by atoms with Crippen LogP contribution in [0, 0.1) is 51.2 Å². The van der Waals surface area contributed by atoms with Crippen LogP contribution in [-0.2, 0) is 4.79 Å². The highest BCUT2D eigenvalue weighted by atomic mass is 16.3. The molecule has 0 aromatic carbocycles. The lowest BCUT2D eigenvalue weighted by molar-refractivity contribution is -0.238. The molecule has 0 radical (unpaired) electrons. The summed E-state index contributed by atoms with van der Waals surface area (Å²) in [5, 5.41) is 41.0. The van der Waals surface area contributed by atoms with Gasteiger partial charge in [0, 0.05) is 12.0 Å². The van der Waals surface area contributed by atoms with Gasteiger partial charge in [0.1, 0.15) is 0 Å². The molecule has 5 fully saturated rings. The lowest BCUT2D eigenvalue weighted by Crippen LogP contribution is -2.67. The van der Waals surface area contributed by atoms with Crippen molar-refractivity contribution in [3.8, 4) is 0 Å². The van der Waals surface area contributed by atoms with E-state index >= 15 is 0 Å². The molecule has 1 amide bonds. The highest BCUT2D eigenvalue weighted by Gasteiger charge is 2.71. The van der Waals surface area contributed by atoms with E-state index < -0.39 is 17.3 Å². The van der Waals surface area contributed by atoms with Gasteiger partial charge >= 0.3 is 0 Å². The van der Waals surface area contributed by atoms with E-state index in [0.29, 0.717) is 24.7 Å². The summed E-state index contributed by atoms with van der Waals surface area (Å²) in [5.74, 6) is 1.51. The van der Waals surface area contributed by atoms with E-state index in [0.717, 1.165) is 70.9 Å². The van der Waals surface area contributed by atoms with E-state index in [9.17, 15) is 20.1 Å². The third-order valence-corrected chi connectivity index (χ3v) is 14.7. The van der Waals surface area contributed by atoms with Gasteiger partial charge in [0.05, 0.1) is 17.3 Å². The fourth-order valence-corrected chi connectivity index (χ4v) is 12.2. The van der Waals surface area contributed by atoms with Gasteiger partial charge in [-0.15, -0.1) is 0 Å². The molecule has 42 heavy (non-hydrogen) atoms. The summed E-state index contributed by atoms with van der Waals surface area (Å²) in [5.41, 5.74) is -1.34. The molecule has 0 aromatic rings. The Morgan fingerprint density at radius 1 is 0.857 bits per heavy atom. The average Bonchev–Trinajstić information content (AvgIpc) is 3.28. The second-order valence-electron chi connectivity index (χ2n) is 17.9. The quantitative estimate of drug-likeness (QED) is 0.258. The molecule has 1 heterocycles. The molecule has 0 aromatic heterocycles. The van der Waals surface area contributed by atoms with E-state index in [4.69, 9.17) is 0 Å². The number of piperidine rings is 1. The van der Waals surface area contributed by atoms with E-state index in [-0.39, 0.29) is 51.4 Å². The van der Waals surface area contributed by atoms with Crippen molar-refractivity contribution in [2.24, 2.45) is 51.2 Å². The predicted octanol–water partition coefficient (Wildman–Crippen LogP) is 5.82. The number of aliphatic hydroxyl groups is 3. The van der Waals surface area contributed by atoms with Gasteiger partial charge in [-0.1, -0.05) is 34.6 Å². The maximum atomic E-state index is 13.3. The predicted molar refractivity (Wildman–Crippen MR) is 169 cm³/mol. The van der Waals surface area contributed by atoms with E-state index in [1.165, 1.54) is 6.42 Å². The highest BCUT2D eigenvalue weighted by molar-refractivity contribution is 5.79. The van der Waals surface area contributed by atoms with Crippen LogP contribution < -0.4 is 10.6 Å². The summed E-state index contributed by atoms with van der Waals surface area (Å²) in [6.45, 7) is 19.9. The second-order valence-corrected chi connectivity index (χ2v) is 17.9. The first-order chi connectivity index (χ1) is 19.4. The highest BCUT2D eigenvalue weighted by Crippen LogP contribution is 2.75. The Balaban J connectivity index is 1.35. The zero-order valence-electron chi connectivity index (χ0n) is 28.2. The number of amides is 1. The van der Waals surface area contributed by atoms with Crippen LogP contribution in [0.1, 0.15) is 132 Å². The number of nitrogens with one attached hydrogen (secondary N) is 2. The zero-order valence-corrected chi connectivity index (χ0v) is 28.2. The van der Waals surface area contributed by atoms with Crippen molar-refractivity contribution in [3.63, 3.8) is 0 Å². The summed E-state index contributed by atoms with van der Waals surface area (Å²) in [6.07, 6.45) is 10.9. The van der Waals surface area contributed by atoms with Crippen LogP contribution >= 0.6 is 0 Å². The van der Waals surface area contributed by atoms with E-state index in [1.54, 1.807) is 0 Å². The van der Waals surface area contributed by atoms with Crippen molar-refractivity contribution in [2.45, 2.75) is 156 Å². The number of hydrogen-bond acceptors (Lipinski definition) is 5. The lowest BCUT2D eigenvalue weighted by Gasteiger charge is -2.71. The Morgan fingerprint density at radius 3 is 2.14 bits per heavy atom. The van der Waals surface area contributed by atoms with Gasteiger partial charge in [-0.05, 0) is 156 Å². The summed E-state index contributed by atoms with van der Waals surface area (Å²) in [7, 11) is 0. The summed E-state index contributed by atoms with van der Waals surface area (Å²) in [6, 6.07) is 0.203. The van der Waals surface area contributed by atoms with Gasteiger partial charge in [0.25, 0.3) is 0 Å². The van der Waals surface area contributed by atoms with Crippen molar-refractivity contribution in [2.75, 3.05) is 13.1 Å². The topological polar surface area (TPSA) is 102 Å². The lowest BCUT2D eigenvalue weighted by atomic mass is 9.35. The van der Waals surface area contributed by atoms with E-state index in [2.05, 4.69) is 45.3 Å². The van der Waals surface area contributed by atoms with Crippen molar-refractivity contribution in [1.82, 2.24) is 10.6 Å². The van der Waals surface area contributed by atoms with Crippen LogP contribution in [0.2, 0.25) is 0 Å². The smallest absolute Gasteiger partial charge is 0.223 e. The molecule has 6 heteroatoms. The molecule has 0 spiro atoms. The standard InChI is InChI=1S/C36H64N2O4/c1-31(2,41)15-9-16-36(8,42)24-10-18-35(7)29(24)25(39)22-27-33(5)17-12-28(38-30(40)23-13-20-37-21-14-23)32(3,4)26(33)11-19-34(27,35)6/h23-29,37,39,41-42H,9-22H2,1-8H3,(H,38,40)/t24-,25+,26-,27+,28-,29-,33-,34+,35+,36+/m0/s1. The second kappa shape index (κ2) is 11.0. The van der Waals surface area contributed by atoms with Crippen LogP contribution in [0.4, 0.5) is 0 Å². The molecular formula is C36H64N2O4. The average molecular weight is 589 g/mol. The molecule has 4 saturated carbocycles. The van der Waals surface area contributed by atoms with Crippen LogP contribution in [0.5, 0.6) is 0 Å². The molecule has 5 aliphatic rings. The molecular weight excluding hydrogens is 524 g/mol. The van der Waals surface area contributed by atoms with Crippen molar-refractivity contribution < 1.29 is 20.1 Å². The van der Waals surface area contributed by atoms with Gasteiger partial charge < -0.3 is 26.0 Å². The van der Waals surface area contributed by atoms with Crippen molar-refractivity contribution in [1.29, 1.82) is 0 Å². The third kappa shape index (κ3) is 5.30. The first-order valence-electron chi connectivity index (χ1n) is 17.5. The molecule has 1 aliphatic heterocycles. The number of aliphatic hydroxyl groups excluding tert-OH is 1. The largest absolute Gasteiger partial charge is 0.393 e. The summed E-state index contributed by atoms with van der Waals surface area (Å²) < 4.78 is 0. The molecule has 6 nitrogen and oxygen atoms in total. The monoisotopic (exact) mass is 588 g/mol. The Hall–Kier alpha value is -0.690. The number of rotatable bonds is 7. The number of hydrogen-bond donors (Lipinski definition) is 5. The Bertz CT molecular complexity index is 999. The van der Waals surface area contributed by atoms with Gasteiger partial charge in [-0.25, -0.2) is 0 Å². The fraction of sp³-hybridized carbons (Fsp3) is 0.972. The number of fused-ring (bicyclic) bond motifs is 5.